The van der Waals surface area contributed by atoms with Gasteiger partial charge in [-0.25, -0.2) is 4.98 Å². The molecule has 0 saturated carbocycles. The van der Waals surface area contributed by atoms with Crippen molar-refractivity contribution in [2.24, 2.45) is 5.11 Å². The molecule has 6 heteroatoms. The summed E-state index contributed by atoms with van der Waals surface area (Å²) in [6, 6.07) is 14.3. The van der Waals surface area contributed by atoms with Gasteiger partial charge >= 0.3 is 0 Å². The number of imidazole rings is 1. The van der Waals surface area contributed by atoms with Gasteiger partial charge in [0.2, 0.25) is 0 Å². The molecule has 0 spiro atoms. The Morgan fingerprint density at radius 1 is 1.27 bits per heavy atom. The standard InChI is InChI=1S/C20H21N5O/c1-3-20-23-18-12-16(14(2)13-26)6-9-19(18)25(20)17-7-4-15(5-8-17)10-11-22-24-21/h4-9,12-14H,3,10-11H2,1-2H3. The predicted molar refractivity (Wildman–Crippen MR) is 103 cm³/mol. The predicted octanol–water partition coefficient (Wildman–Crippen LogP) is 4.74. The maximum absolute atomic E-state index is 11.1. The van der Waals surface area contributed by atoms with Crippen molar-refractivity contribution in [1.29, 1.82) is 0 Å². The first-order valence-electron chi connectivity index (χ1n) is 8.74. The first-order chi connectivity index (χ1) is 12.7. The van der Waals surface area contributed by atoms with Crippen molar-refractivity contribution in [3.8, 4) is 5.69 Å². The Kier molecular flexibility index (Phi) is 5.34. The van der Waals surface area contributed by atoms with E-state index < -0.39 is 0 Å². The van der Waals surface area contributed by atoms with Crippen LogP contribution in [0.4, 0.5) is 0 Å². The fourth-order valence-electron chi connectivity index (χ4n) is 3.07. The number of nitrogens with zero attached hydrogens (tertiary/aromatic N) is 5. The van der Waals surface area contributed by atoms with Crippen molar-refractivity contribution in [3.05, 3.63) is 69.9 Å². The molecule has 0 aliphatic rings. The Morgan fingerprint density at radius 2 is 2.04 bits per heavy atom. The molecular weight excluding hydrogens is 326 g/mol. The molecule has 0 aliphatic heterocycles. The van der Waals surface area contributed by atoms with E-state index in [1.165, 1.54) is 0 Å². The summed E-state index contributed by atoms with van der Waals surface area (Å²) in [5.74, 6) is 0.850. The highest BCUT2D eigenvalue weighted by atomic mass is 16.1. The molecule has 0 aliphatic carbocycles. The van der Waals surface area contributed by atoms with E-state index in [4.69, 9.17) is 10.5 Å². The number of aryl methyl sites for hydroxylation is 1. The van der Waals surface area contributed by atoms with Gasteiger partial charge in [-0.3, -0.25) is 4.57 Å². The van der Waals surface area contributed by atoms with Gasteiger partial charge < -0.3 is 4.79 Å². The number of hydrogen-bond acceptors (Lipinski definition) is 3. The molecule has 6 nitrogen and oxygen atoms in total. The van der Waals surface area contributed by atoms with Crippen molar-refractivity contribution >= 4 is 17.3 Å². The number of fused-ring (bicyclic) bond motifs is 1. The van der Waals surface area contributed by atoms with Crippen molar-refractivity contribution in [3.63, 3.8) is 0 Å². The normalized spacial score (nSPS) is 11.9. The Morgan fingerprint density at radius 3 is 2.69 bits per heavy atom. The minimum absolute atomic E-state index is 0.134. The minimum Gasteiger partial charge on any atom is -0.303 e. The first kappa shape index (κ1) is 17.7. The third-order valence-corrected chi connectivity index (χ3v) is 4.55. The van der Waals surface area contributed by atoms with Gasteiger partial charge in [0.25, 0.3) is 0 Å². The molecule has 132 valence electrons. The largest absolute Gasteiger partial charge is 0.303 e. The number of hydrogen-bond donors (Lipinski definition) is 0. The molecule has 0 amide bonds. The van der Waals surface area contributed by atoms with Gasteiger partial charge in [-0.15, -0.1) is 0 Å². The maximum atomic E-state index is 11.1. The lowest BCUT2D eigenvalue weighted by Gasteiger charge is -2.10. The molecule has 1 aromatic heterocycles. The van der Waals surface area contributed by atoms with Crippen LogP contribution in [0.5, 0.6) is 0 Å². The summed E-state index contributed by atoms with van der Waals surface area (Å²) < 4.78 is 2.15. The zero-order valence-corrected chi connectivity index (χ0v) is 15.0. The molecule has 26 heavy (non-hydrogen) atoms. The molecule has 3 rings (SSSR count). The van der Waals surface area contributed by atoms with Gasteiger partial charge in [0.05, 0.1) is 11.0 Å². The average molecular weight is 347 g/mol. The number of rotatable bonds is 7. The van der Waals surface area contributed by atoms with Crippen LogP contribution in [-0.4, -0.2) is 22.4 Å². The molecule has 0 radical (unpaired) electrons. The number of benzene rings is 2. The van der Waals surface area contributed by atoms with E-state index in [1.54, 1.807) is 0 Å². The lowest BCUT2D eigenvalue weighted by Crippen LogP contribution is -2.00. The van der Waals surface area contributed by atoms with Crippen LogP contribution in [0.1, 0.15) is 36.7 Å². The van der Waals surface area contributed by atoms with Gasteiger partial charge in [-0.1, -0.05) is 37.2 Å². The second kappa shape index (κ2) is 7.85. The topological polar surface area (TPSA) is 83.7 Å². The number of aldehydes is 1. The lowest BCUT2D eigenvalue weighted by atomic mass is 10.0. The average Bonchev–Trinajstić information content (AvgIpc) is 3.06. The van der Waals surface area contributed by atoms with Crippen LogP contribution in [0.2, 0.25) is 0 Å². The smallest absolute Gasteiger partial charge is 0.127 e. The fourth-order valence-corrected chi connectivity index (χ4v) is 3.07. The molecule has 0 N–H and O–H groups in total. The van der Waals surface area contributed by atoms with Gasteiger partial charge in [0.15, 0.2) is 0 Å². The molecular formula is C20H21N5O. The van der Waals surface area contributed by atoms with Crippen LogP contribution in [0.15, 0.2) is 47.6 Å². The Balaban J connectivity index is 2.00. The second-order valence-corrected chi connectivity index (χ2v) is 6.26. The summed E-state index contributed by atoms with van der Waals surface area (Å²) in [6.07, 6.45) is 2.49. The Bertz CT molecular complexity index is 968. The van der Waals surface area contributed by atoms with Crippen LogP contribution < -0.4 is 0 Å². The number of aromatic nitrogens is 2. The maximum Gasteiger partial charge on any atom is 0.127 e. The third-order valence-electron chi connectivity index (χ3n) is 4.55. The summed E-state index contributed by atoms with van der Waals surface area (Å²) in [5.41, 5.74) is 13.5. The van der Waals surface area contributed by atoms with Crippen LogP contribution in [0.25, 0.3) is 27.2 Å². The van der Waals surface area contributed by atoms with E-state index in [0.29, 0.717) is 6.54 Å². The SMILES string of the molecule is CCc1nc2cc(C(C)C=O)ccc2n1-c1ccc(CCN=[N+]=[N-])cc1. The number of azide groups is 1. The van der Waals surface area contributed by atoms with Gasteiger partial charge in [-0.2, -0.15) is 0 Å². The van der Waals surface area contributed by atoms with Crippen molar-refractivity contribution in [2.75, 3.05) is 6.54 Å². The monoisotopic (exact) mass is 347 g/mol. The van der Waals surface area contributed by atoms with E-state index in [1.807, 2.05) is 25.1 Å². The van der Waals surface area contributed by atoms with Crippen LogP contribution in [0, 0.1) is 0 Å². The van der Waals surface area contributed by atoms with Gasteiger partial charge in [0, 0.05) is 29.5 Å². The number of carbonyl (C=O) groups excluding carboxylic acids is 1. The lowest BCUT2D eigenvalue weighted by molar-refractivity contribution is -0.108. The van der Waals surface area contributed by atoms with Crippen molar-refractivity contribution in [1.82, 2.24) is 9.55 Å². The second-order valence-electron chi connectivity index (χ2n) is 6.26. The molecule has 1 heterocycles. The van der Waals surface area contributed by atoms with Gasteiger partial charge in [-0.05, 0) is 47.3 Å². The quantitative estimate of drug-likeness (QED) is 0.267. The van der Waals surface area contributed by atoms with Crippen molar-refractivity contribution in [2.45, 2.75) is 32.6 Å². The van der Waals surface area contributed by atoms with E-state index in [9.17, 15) is 4.79 Å². The van der Waals surface area contributed by atoms with Crippen molar-refractivity contribution < 1.29 is 4.79 Å². The Hall–Kier alpha value is -3.11. The zero-order valence-electron chi connectivity index (χ0n) is 15.0. The molecule has 0 fully saturated rings. The summed E-state index contributed by atoms with van der Waals surface area (Å²) in [5, 5.41) is 3.58. The highest BCUT2D eigenvalue weighted by Crippen LogP contribution is 2.25. The third kappa shape index (κ3) is 3.46. The van der Waals surface area contributed by atoms with E-state index in [0.717, 1.165) is 52.8 Å². The van der Waals surface area contributed by atoms with Crippen LogP contribution in [-0.2, 0) is 17.6 Å². The molecule has 0 bridgehead atoms. The first-order valence-corrected chi connectivity index (χ1v) is 8.74. The van der Waals surface area contributed by atoms with Gasteiger partial charge in [0.1, 0.15) is 12.1 Å². The minimum atomic E-state index is -0.134. The fraction of sp³-hybridized carbons (Fsp3) is 0.300. The molecule has 1 unspecified atom stereocenters. The molecule has 0 saturated heterocycles. The summed E-state index contributed by atoms with van der Waals surface area (Å²) in [6.45, 7) is 4.43. The van der Waals surface area contributed by atoms with E-state index >= 15 is 0 Å². The molecule has 3 aromatic rings. The molecule has 1 atom stereocenters. The van der Waals surface area contributed by atoms with Crippen LogP contribution >= 0.6 is 0 Å². The zero-order chi connectivity index (χ0) is 18.5. The summed E-state index contributed by atoms with van der Waals surface area (Å²) in [7, 11) is 0. The van der Waals surface area contributed by atoms with Crippen LogP contribution in [0.3, 0.4) is 0 Å². The van der Waals surface area contributed by atoms with E-state index in [2.05, 4.69) is 45.8 Å². The summed E-state index contributed by atoms with van der Waals surface area (Å²) in [4.78, 5) is 18.6. The highest BCUT2D eigenvalue weighted by Gasteiger charge is 2.13. The highest BCUT2D eigenvalue weighted by molar-refractivity contribution is 5.80. The van der Waals surface area contributed by atoms with E-state index in [-0.39, 0.29) is 5.92 Å². The summed E-state index contributed by atoms with van der Waals surface area (Å²) >= 11 is 0. The molecule has 2 aromatic carbocycles. The number of carbonyl (C=O) groups is 1. The Labute approximate surface area is 152 Å².